The Morgan fingerprint density at radius 2 is 0.969 bits per heavy atom. The molecule has 0 aliphatic rings. The Labute approximate surface area is 395 Å². The van der Waals surface area contributed by atoms with Crippen LogP contribution in [-0.4, -0.2) is 59.0 Å². The molecule has 0 aliphatic heterocycles. The molecule has 12 nitrogen and oxygen atoms in total. The first-order valence-corrected chi connectivity index (χ1v) is 20.0. The molecule has 6 heterocycles. The van der Waals surface area contributed by atoms with Gasteiger partial charge in [0.15, 0.2) is 29.6 Å². The van der Waals surface area contributed by atoms with Crippen LogP contribution in [-0.2, 0) is 19.7 Å². The van der Waals surface area contributed by atoms with E-state index in [1.165, 1.54) is 6.20 Å². The van der Waals surface area contributed by atoms with Gasteiger partial charge in [0.2, 0.25) is 0 Å². The molecule has 0 saturated heterocycles. The minimum atomic E-state index is -0.0795. The van der Waals surface area contributed by atoms with Crippen LogP contribution in [0, 0.1) is 0 Å². The van der Waals surface area contributed by atoms with Crippen LogP contribution in [0.25, 0.3) is 56.1 Å². The van der Waals surface area contributed by atoms with E-state index in [1.807, 2.05) is 106 Å². The Balaban J connectivity index is 0.000000206. The van der Waals surface area contributed by atoms with Gasteiger partial charge in [-0.25, -0.2) is 19.0 Å². The number of aromatic nitrogens is 8. The average molecular weight is 848 g/mol. The molecule has 0 bridgehead atoms. The fraction of sp³-hybridized carbons (Fsp3) is 0.0600. The summed E-state index contributed by atoms with van der Waals surface area (Å²) in [5.74, 6) is 2.50. The van der Waals surface area contributed by atoms with Crippen molar-refractivity contribution in [3.05, 3.63) is 205 Å². The molecule has 0 amide bonds. The van der Waals surface area contributed by atoms with Gasteiger partial charge in [-0.1, -0.05) is 121 Å². The SMILES string of the molecule is O=Cc1cncc(-c2nc(NCc3ccccc3)c3c(-c4ccccc4)ccn3n2)c1.OCc1cncc(-c2nc(NCc3ccccc3)c3c(-c4ccccc4)ccn3n2)c1.[B].[H-].[Na+]. The number of aliphatic hydroxyl groups is 1. The van der Waals surface area contributed by atoms with Crippen LogP contribution >= 0.6 is 0 Å². The van der Waals surface area contributed by atoms with Gasteiger partial charge in [0.05, 0.1) is 6.61 Å². The summed E-state index contributed by atoms with van der Waals surface area (Å²) in [6.45, 7) is 1.18. The van der Waals surface area contributed by atoms with Crippen molar-refractivity contribution < 1.29 is 40.9 Å². The molecule has 0 fully saturated rings. The van der Waals surface area contributed by atoms with E-state index < -0.39 is 0 Å². The maximum atomic E-state index is 11.2. The molecular weight excluding hydrogens is 806 g/mol. The summed E-state index contributed by atoms with van der Waals surface area (Å²) in [6, 6.07) is 48.5. The van der Waals surface area contributed by atoms with Crippen molar-refractivity contribution >= 4 is 37.4 Å². The first kappa shape index (κ1) is 44.8. The van der Waals surface area contributed by atoms with Crippen molar-refractivity contribution in [2.75, 3.05) is 10.6 Å². The Morgan fingerprint density at radius 1 is 0.531 bits per heavy atom. The van der Waals surface area contributed by atoms with Crippen LogP contribution in [0.15, 0.2) is 183 Å². The van der Waals surface area contributed by atoms with Gasteiger partial charge >= 0.3 is 29.6 Å². The number of aliphatic hydroxyl groups excluding tert-OH is 1. The molecule has 14 heteroatoms. The Kier molecular flexibility index (Phi) is 14.8. The van der Waals surface area contributed by atoms with Gasteiger partial charge in [-0.05, 0) is 52.1 Å². The fourth-order valence-corrected chi connectivity index (χ4v) is 7.15. The van der Waals surface area contributed by atoms with Gasteiger partial charge in [-0.3, -0.25) is 14.8 Å². The van der Waals surface area contributed by atoms with E-state index in [4.69, 9.17) is 20.2 Å². The monoisotopic (exact) mass is 847 g/mol. The van der Waals surface area contributed by atoms with E-state index in [0.29, 0.717) is 41.7 Å². The summed E-state index contributed by atoms with van der Waals surface area (Å²) in [5, 5.41) is 25.9. The number of pyridine rings is 2. The smallest absolute Gasteiger partial charge is 1.00 e. The number of nitrogens with one attached hydrogen (secondary N) is 2. The first-order valence-electron chi connectivity index (χ1n) is 20.0. The Morgan fingerprint density at radius 3 is 1.42 bits per heavy atom. The van der Waals surface area contributed by atoms with Gasteiger partial charge in [-0.15, -0.1) is 10.2 Å². The minimum Gasteiger partial charge on any atom is -1.00 e. The molecule has 0 atom stereocenters. The molecule has 0 spiro atoms. The zero-order chi connectivity index (χ0) is 42.1. The number of fused-ring (bicyclic) bond motifs is 2. The van der Waals surface area contributed by atoms with E-state index in [1.54, 1.807) is 24.7 Å². The number of benzene rings is 4. The standard InChI is InChI=1S/C25H21N5O.C25H19N5O.B.Na.H/c2*31-17-19-13-21(16-26-14-19)24-28-25(27-15-18-7-3-1-4-8-18)23-22(11-12-30(23)29-24)20-9-5-2-6-10-20;;;/h1-14,16,31H,15,17H2,(H,27,28,29);1-14,16-17H,15H2,(H,27,28,29);;;/q;;;+1;-1. The number of hydrogen-bond donors (Lipinski definition) is 3. The summed E-state index contributed by atoms with van der Waals surface area (Å²) in [4.78, 5) is 29.2. The van der Waals surface area contributed by atoms with Gasteiger partial charge < -0.3 is 17.2 Å². The Bertz CT molecular complexity index is 3110. The van der Waals surface area contributed by atoms with Crippen molar-refractivity contribution in [2.24, 2.45) is 0 Å². The number of hydrogen-bond acceptors (Lipinski definition) is 10. The second-order valence-corrected chi connectivity index (χ2v) is 14.4. The number of aldehydes is 1. The molecule has 0 saturated carbocycles. The van der Waals surface area contributed by atoms with Crippen molar-refractivity contribution in [1.29, 1.82) is 0 Å². The molecule has 10 aromatic rings. The third kappa shape index (κ3) is 10.1. The summed E-state index contributed by atoms with van der Waals surface area (Å²) in [7, 11) is 0. The van der Waals surface area contributed by atoms with Crippen molar-refractivity contribution in [3.8, 4) is 45.0 Å². The fourth-order valence-electron chi connectivity index (χ4n) is 7.15. The molecular formula is C50H41BN10NaO2. The van der Waals surface area contributed by atoms with E-state index in [0.717, 1.165) is 67.6 Å². The first-order chi connectivity index (χ1) is 30.6. The number of carbonyl (C=O) groups excluding carboxylic acids is 1. The maximum Gasteiger partial charge on any atom is 1.00 e. The van der Waals surface area contributed by atoms with Crippen LogP contribution in [0.1, 0.15) is 28.5 Å². The van der Waals surface area contributed by atoms with Gasteiger partial charge in [0.1, 0.15) is 11.0 Å². The summed E-state index contributed by atoms with van der Waals surface area (Å²) in [5.41, 5.74) is 11.1. The van der Waals surface area contributed by atoms with E-state index >= 15 is 0 Å². The number of nitrogens with zero attached hydrogens (tertiary/aromatic N) is 8. The second-order valence-electron chi connectivity index (χ2n) is 14.4. The molecule has 4 aromatic carbocycles. The predicted octanol–water partition coefficient (Wildman–Crippen LogP) is 6.18. The van der Waals surface area contributed by atoms with Crippen LogP contribution < -0.4 is 40.2 Å². The minimum absolute atomic E-state index is 0. The molecule has 10 rings (SSSR count). The van der Waals surface area contributed by atoms with E-state index in [9.17, 15) is 9.90 Å². The third-order valence-electron chi connectivity index (χ3n) is 10.2. The number of rotatable bonds is 12. The van der Waals surface area contributed by atoms with Crippen LogP contribution in [0.3, 0.4) is 0 Å². The number of anilines is 2. The average Bonchev–Trinajstić information content (AvgIpc) is 3.99. The Hall–Kier alpha value is -7.29. The predicted molar refractivity (Wildman–Crippen MR) is 249 cm³/mol. The van der Waals surface area contributed by atoms with E-state index in [-0.39, 0.29) is 46.0 Å². The molecule has 64 heavy (non-hydrogen) atoms. The van der Waals surface area contributed by atoms with Crippen LogP contribution in [0.2, 0.25) is 0 Å². The van der Waals surface area contributed by atoms with Gasteiger partial charge in [0, 0.05) is 86.5 Å². The van der Waals surface area contributed by atoms with Crippen LogP contribution in [0.5, 0.6) is 0 Å². The quantitative estimate of drug-likeness (QED) is 0.0963. The second kappa shape index (κ2) is 21.2. The number of carbonyl (C=O) groups is 1. The topological polar surface area (TPSA) is 148 Å². The zero-order valence-corrected chi connectivity index (χ0v) is 37.0. The van der Waals surface area contributed by atoms with Crippen molar-refractivity contribution in [1.82, 2.24) is 39.2 Å². The van der Waals surface area contributed by atoms with Crippen molar-refractivity contribution in [3.63, 3.8) is 0 Å². The molecule has 307 valence electrons. The largest absolute Gasteiger partial charge is 1.00 e. The van der Waals surface area contributed by atoms with Crippen molar-refractivity contribution in [2.45, 2.75) is 19.7 Å². The third-order valence-corrected chi connectivity index (χ3v) is 10.2. The molecule has 3 radical (unpaired) electrons. The van der Waals surface area contributed by atoms with E-state index in [2.05, 4.69) is 75.2 Å². The van der Waals surface area contributed by atoms with Gasteiger partial charge in [0.25, 0.3) is 0 Å². The summed E-state index contributed by atoms with van der Waals surface area (Å²) in [6.07, 6.45) is 11.2. The van der Waals surface area contributed by atoms with Gasteiger partial charge in [-0.2, -0.15) is 0 Å². The molecule has 0 aliphatic carbocycles. The van der Waals surface area contributed by atoms with Crippen LogP contribution in [0.4, 0.5) is 11.6 Å². The molecule has 0 unspecified atom stereocenters. The summed E-state index contributed by atoms with van der Waals surface area (Å²) < 4.78 is 3.68. The molecule has 6 aromatic heterocycles. The normalized spacial score (nSPS) is 10.6. The maximum absolute atomic E-state index is 11.2. The summed E-state index contributed by atoms with van der Waals surface area (Å²) >= 11 is 0. The molecule has 3 N–H and O–H groups in total. The zero-order valence-electron chi connectivity index (χ0n) is 36.0.